The van der Waals surface area contributed by atoms with Gasteiger partial charge in [-0.1, -0.05) is 13.8 Å². The van der Waals surface area contributed by atoms with Crippen molar-refractivity contribution < 1.29 is 4.42 Å². The number of anilines is 1. The molecule has 2 rings (SSSR count). The number of furan rings is 1. The molecule has 102 valence electrons. The fourth-order valence-electron chi connectivity index (χ4n) is 1.58. The van der Waals surface area contributed by atoms with Crippen LogP contribution in [0.25, 0.3) is 11.6 Å². The van der Waals surface area contributed by atoms with Gasteiger partial charge in [-0.25, -0.2) is 9.97 Å². The van der Waals surface area contributed by atoms with E-state index < -0.39 is 0 Å². The number of hydrogen-bond acceptors (Lipinski definition) is 4. The molecule has 0 saturated heterocycles. The van der Waals surface area contributed by atoms with Crippen LogP contribution in [0.1, 0.15) is 25.5 Å². The van der Waals surface area contributed by atoms with Gasteiger partial charge < -0.3 is 9.73 Å². The molecule has 0 spiro atoms. The molecule has 0 aromatic carbocycles. The van der Waals surface area contributed by atoms with Crippen molar-refractivity contribution in [2.75, 3.05) is 12.4 Å². The molecule has 0 unspecified atom stereocenters. The third-order valence-electron chi connectivity index (χ3n) is 2.53. The predicted octanol–water partition coefficient (Wildman–Crippen LogP) is 5.03. The van der Waals surface area contributed by atoms with Crippen LogP contribution in [-0.4, -0.2) is 17.0 Å². The highest BCUT2D eigenvalue weighted by molar-refractivity contribution is 14.1. The molecule has 2 heterocycles. The summed E-state index contributed by atoms with van der Waals surface area (Å²) in [5.41, 5.74) is 1.01. The van der Waals surface area contributed by atoms with Crippen molar-refractivity contribution in [1.82, 2.24) is 9.97 Å². The monoisotopic (exact) mass is 499 g/mol. The first-order chi connectivity index (χ1) is 8.93. The van der Waals surface area contributed by atoms with Gasteiger partial charge >= 0.3 is 0 Å². The molecule has 1 N–H and O–H groups in total. The Hall–Kier alpha value is -0.150. The molecule has 0 radical (unpaired) electrons. The molecule has 2 aromatic heterocycles. The number of rotatable bonds is 3. The highest BCUT2D eigenvalue weighted by Crippen LogP contribution is 2.33. The van der Waals surface area contributed by atoms with Gasteiger partial charge in [0.05, 0.1) is 13.7 Å². The van der Waals surface area contributed by atoms with Gasteiger partial charge in [-0.3, -0.25) is 0 Å². The molecule has 0 aliphatic carbocycles. The molecule has 7 heteroatoms. The van der Waals surface area contributed by atoms with Crippen molar-refractivity contribution in [2.45, 2.75) is 19.8 Å². The van der Waals surface area contributed by atoms with Gasteiger partial charge in [0, 0.05) is 13.1 Å². The van der Waals surface area contributed by atoms with E-state index >= 15 is 0 Å². The molecule has 0 atom stereocenters. The highest BCUT2D eigenvalue weighted by atomic mass is 127. The summed E-state index contributed by atoms with van der Waals surface area (Å²) in [5, 5.41) is 3.10. The number of nitrogens with one attached hydrogen (secondary N) is 1. The minimum Gasteiger partial charge on any atom is -0.445 e. The zero-order valence-electron chi connectivity index (χ0n) is 10.6. The number of halogens is 3. The summed E-state index contributed by atoms with van der Waals surface area (Å²) in [6.07, 6.45) is 0. The van der Waals surface area contributed by atoms with Crippen LogP contribution in [-0.2, 0) is 0 Å². The van der Waals surface area contributed by atoms with Crippen LogP contribution in [0.2, 0.25) is 0 Å². The zero-order valence-corrected chi connectivity index (χ0v) is 15.9. The van der Waals surface area contributed by atoms with E-state index in [0.717, 1.165) is 19.6 Å². The average molecular weight is 501 g/mol. The van der Waals surface area contributed by atoms with Crippen molar-refractivity contribution in [3.8, 4) is 11.6 Å². The van der Waals surface area contributed by atoms with E-state index in [1.54, 1.807) is 0 Å². The molecule has 0 bridgehead atoms. The number of hydrogen-bond donors (Lipinski definition) is 1. The summed E-state index contributed by atoms with van der Waals surface area (Å²) >= 11 is 8.99. The van der Waals surface area contributed by atoms with Crippen LogP contribution in [0.5, 0.6) is 0 Å². The molecular formula is C12H12Br2IN3O. The minimum atomic E-state index is 0.322. The van der Waals surface area contributed by atoms with E-state index in [1.807, 2.05) is 13.1 Å². The second-order valence-corrected chi connectivity index (χ2v) is 6.89. The van der Waals surface area contributed by atoms with Crippen molar-refractivity contribution in [3.05, 3.63) is 24.5 Å². The van der Waals surface area contributed by atoms with Crippen LogP contribution in [0.3, 0.4) is 0 Å². The van der Waals surface area contributed by atoms with Gasteiger partial charge in [-0.15, -0.1) is 0 Å². The first kappa shape index (κ1) is 15.2. The molecule has 2 aromatic rings. The van der Waals surface area contributed by atoms with Gasteiger partial charge in [-0.05, 0) is 60.4 Å². The van der Waals surface area contributed by atoms with E-state index in [9.17, 15) is 0 Å². The van der Waals surface area contributed by atoms with Crippen LogP contribution in [0.15, 0.2) is 19.6 Å². The summed E-state index contributed by atoms with van der Waals surface area (Å²) in [6, 6.07) is 1.86. The summed E-state index contributed by atoms with van der Waals surface area (Å²) in [6.45, 7) is 4.23. The number of nitrogens with zero attached hydrogens (tertiary/aromatic N) is 2. The maximum Gasteiger partial charge on any atom is 0.198 e. The predicted molar refractivity (Wildman–Crippen MR) is 91.5 cm³/mol. The van der Waals surface area contributed by atoms with E-state index in [-0.39, 0.29) is 0 Å². The molecule has 19 heavy (non-hydrogen) atoms. The van der Waals surface area contributed by atoms with E-state index in [1.165, 1.54) is 0 Å². The maximum absolute atomic E-state index is 5.59. The van der Waals surface area contributed by atoms with Crippen molar-refractivity contribution in [1.29, 1.82) is 0 Å². The van der Waals surface area contributed by atoms with Gasteiger partial charge in [0.15, 0.2) is 16.3 Å². The van der Waals surface area contributed by atoms with E-state index in [0.29, 0.717) is 22.2 Å². The average Bonchev–Trinajstić information content (AvgIpc) is 2.69. The van der Waals surface area contributed by atoms with Gasteiger partial charge in [0.2, 0.25) is 0 Å². The standard InChI is InChI=1S/C12H12Br2IN3O/c1-5(2)9-8(15)12(16-3)18-11(17-9)7-4-6(13)10(14)19-7/h4-5H,1-3H3,(H,16,17,18). The third-order valence-corrected chi connectivity index (χ3v) is 5.30. The van der Waals surface area contributed by atoms with Crippen LogP contribution >= 0.6 is 54.5 Å². The van der Waals surface area contributed by atoms with Crippen LogP contribution in [0.4, 0.5) is 5.82 Å². The van der Waals surface area contributed by atoms with Gasteiger partial charge in [0.1, 0.15) is 5.82 Å². The molecule has 0 fully saturated rings. The fraction of sp³-hybridized carbons (Fsp3) is 0.333. The Morgan fingerprint density at radius 3 is 2.47 bits per heavy atom. The topological polar surface area (TPSA) is 51.0 Å². The van der Waals surface area contributed by atoms with Crippen molar-refractivity contribution in [2.24, 2.45) is 0 Å². The second-order valence-electron chi connectivity index (χ2n) is 4.23. The Kier molecular flexibility index (Phi) is 4.88. The first-order valence-electron chi connectivity index (χ1n) is 5.64. The second kappa shape index (κ2) is 6.09. The molecule has 0 amide bonds. The molecule has 4 nitrogen and oxygen atoms in total. The highest BCUT2D eigenvalue weighted by Gasteiger charge is 2.18. The quantitative estimate of drug-likeness (QED) is 0.600. The summed E-state index contributed by atoms with van der Waals surface area (Å²) in [7, 11) is 1.85. The largest absolute Gasteiger partial charge is 0.445 e. The summed E-state index contributed by atoms with van der Waals surface area (Å²) in [5.74, 6) is 2.36. The van der Waals surface area contributed by atoms with Crippen LogP contribution in [0, 0.1) is 3.57 Å². The first-order valence-corrected chi connectivity index (χ1v) is 8.31. The van der Waals surface area contributed by atoms with E-state index in [2.05, 4.69) is 83.6 Å². The lowest BCUT2D eigenvalue weighted by Gasteiger charge is -2.12. The third kappa shape index (κ3) is 3.13. The summed E-state index contributed by atoms with van der Waals surface area (Å²) < 4.78 is 8.12. The molecule has 0 aliphatic rings. The normalized spacial score (nSPS) is 11.1. The summed E-state index contributed by atoms with van der Waals surface area (Å²) in [4.78, 5) is 9.10. The Balaban J connectivity index is 2.60. The lowest BCUT2D eigenvalue weighted by atomic mass is 10.1. The van der Waals surface area contributed by atoms with Crippen LogP contribution < -0.4 is 5.32 Å². The SMILES string of the molecule is CNc1nc(-c2cc(Br)c(Br)o2)nc(C(C)C)c1I. The Morgan fingerprint density at radius 1 is 1.32 bits per heavy atom. The minimum absolute atomic E-state index is 0.322. The number of aromatic nitrogens is 2. The lowest BCUT2D eigenvalue weighted by Crippen LogP contribution is -2.06. The maximum atomic E-state index is 5.59. The molecule has 0 saturated carbocycles. The van der Waals surface area contributed by atoms with Crippen molar-refractivity contribution in [3.63, 3.8) is 0 Å². The van der Waals surface area contributed by atoms with Gasteiger partial charge in [-0.2, -0.15) is 0 Å². The molecule has 0 aliphatic heterocycles. The molecular weight excluding hydrogens is 489 g/mol. The Labute approximate surface area is 142 Å². The fourth-order valence-corrected chi connectivity index (χ4v) is 3.29. The van der Waals surface area contributed by atoms with E-state index in [4.69, 9.17) is 4.42 Å². The Morgan fingerprint density at radius 2 is 2.00 bits per heavy atom. The Bertz CT molecular complexity index is 594. The smallest absolute Gasteiger partial charge is 0.198 e. The zero-order chi connectivity index (χ0) is 14.2. The van der Waals surface area contributed by atoms with Gasteiger partial charge in [0.25, 0.3) is 0 Å². The lowest BCUT2D eigenvalue weighted by molar-refractivity contribution is 0.548. The van der Waals surface area contributed by atoms with Crippen molar-refractivity contribution >= 4 is 60.3 Å².